The second-order valence-corrected chi connectivity index (χ2v) is 6.72. The van der Waals surface area contributed by atoms with E-state index in [9.17, 15) is 9.90 Å². The van der Waals surface area contributed by atoms with Crippen LogP contribution in [0.4, 0.5) is 0 Å². The monoisotopic (exact) mass is 336 g/mol. The molecule has 2 unspecified atom stereocenters. The minimum Gasteiger partial charge on any atom is -0.504 e. The zero-order chi connectivity index (χ0) is 17.6. The standard InChI is InChI=1S/C21H20O4/c1-12-16-8-9-24-20(16)21(19(23)18(12)13(2)22)25-11-15-10-17(15)14-6-4-3-5-7-14/h3-9,15,17,23H,10-11H2,1-2H3. The maximum atomic E-state index is 11.9. The Bertz CT molecular complexity index is 939. The maximum absolute atomic E-state index is 11.9. The molecular formula is C21H20O4. The van der Waals surface area contributed by atoms with Crippen molar-refractivity contribution in [1.29, 1.82) is 0 Å². The van der Waals surface area contributed by atoms with Gasteiger partial charge >= 0.3 is 0 Å². The van der Waals surface area contributed by atoms with Crippen LogP contribution in [0.3, 0.4) is 0 Å². The van der Waals surface area contributed by atoms with Crippen LogP contribution in [0.1, 0.15) is 40.7 Å². The second kappa shape index (κ2) is 5.96. The summed E-state index contributed by atoms with van der Waals surface area (Å²) < 4.78 is 11.4. The number of rotatable bonds is 5. The van der Waals surface area contributed by atoms with E-state index in [1.165, 1.54) is 12.5 Å². The first-order valence-corrected chi connectivity index (χ1v) is 8.49. The van der Waals surface area contributed by atoms with Crippen molar-refractivity contribution in [2.75, 3.05) is 6.61 Å². The first-order valence-electron chi connectivity index (χ1n) is 8.49. The molecule has 1 aliphatic rings. The number of aromatic hydroxyl groups is 1. The fourth-order valence-corrected chi connectivity index (χ4v) is 3.61. The number of Topliss-reactive ketones (excluding diaryl/α,β-unsaturated/α-hetero) is 1. The van der Waals surface area contributed by atoms with Gasteiger partial charge in [-0.15, -0.1) is 0 Å². The summed E-state index contributed by atoms with van der Waals surface area (Å²) in [5, 5.41) is 11.4. The fraction of sp³-hybridized carbons (Fsp3) is 0.286. The Morgan fingerprint density at radius 1 is 1.28 bits per heavy atom. The number of phenolic OH excluding ortho intramolecular Hbond substituents is 1. The topological polar surface area (TPSA) is 59.7 Å². The van der Waals surface area contributed by atoms with Gasteiger partial charge in [0.15, 0.2) is 17.1 Å². The summed E-state index contributed by atoms with van der Waals surface area (Å²) in [6.45, 7) is 3.75. The van der Waals surface area contributed by atoms with Crippen molar-refractivity contribution in [3.63, 3.8) is 0 Å². The van der Waals surface area contributed by atoms with Crippen molar-refractivity contribution in [2.45, 2.75) is 26.2 Å². The number of fused-ring (bicyclic) bond motifs is 1. The number of ketones is 1. The van der Waals surface area contributed by atoms with Gasteiger partial charge in [0.05, 0.1) is 18.4 Å². The summed E-state index contributed by atoms with van der Waals surface area (Å²) in [5.41, 5.74) is 2.84. The number of carbonyl (C=O) groups excluding carboxylic acids is 1. The zero-order valence-electron chi connectivity index (χ0n) is 14.3. The molecule has 0 aliphatic heterocycles. The van der Waals surface area contributed by atoms with Gasteiger partial charge in [-0.05, 0) is 43.4 Å². The number of carbonyl (C=O) groups is 1. The predicted octanol–water partition coefficient (Wildman–Crippen LogP) is 4.83. The van der Waals surface area contributed by atoms with Gasteiger partial charge in [0, 0.05) is 11.3 Å². The number of aryl methyl sites for hydroxylation is 1. The van der Waals surface area contributed by atoms with Gasteiger partial charge in [0.1, 0.15) is 0 Å². The van der Waals surface area contributed by atoms with Crippen LogP contribution in [0.2, 0.25) is 0 Å². The van der Waals surface area contributed by atoms with Crippen molar-refractivity contribution in [1.82, 2.24) is 0 Å². The van der Waals surface area contributed by atoms with E-state index in [1.54, 1.807) is 12.3 Å². The van der Waals surface area contributed by atoms with Crippen molar-refractivity contribution >= 4 is 16.8 Å². The van der Waals surface area contributed by atoms with Gasteiger partial charge in [-0.25, -0.2) is 0 Å². The summed E-state index contributed by atoms with van der Waals surface area (Å²) in [6, 6.07) is 12.2. The van der Waals surface area contributed by atoms with Crippen LogP contribution in [0, 0.1) is 12.8 Å². The third-order valence-electron chi connectivity index (χ3n) is 5.05. The summed E-state index contributed by atoms with van der Waals surface area (Å²) in [6.07, 6.45) is 2.62. The minimum atomic E-state index is -0.184. The van der Waals surface area contributed by atoms with E-state index < -0.39 is 0 Å². The molecule has 3 aromatic rings. The summed E-state index contributed by atoms with van der Waals surface area (Å²) in [4.78, 5) is 11.9. The number of furan rings is 1. The number of benzene rings is 2. The Hall–Kier alpha value is -2.75. The third-order valence-corrected chi connectivity index (χ3v) is 5.05. The number of ether oxygens (including phenoxy) is 1. The van der Waals surface area contributed by atoms with Crippen LogP contribution >= 0.6 is 0 Å². The largest absolute Gasteiger partial charge is 0.504 e. The van der Waals surface area contributed by atoms with Crippen LogP contribution in [0.5, 0.6) is 11.5 Å². The van der Waals surface area contributed by atoms with Gasteiger partial charge < -0.3 is 14.3 Å². The molecule has 1 heterocycles. The molecule has 2 aromatic carbocycles. The van der Waals surface area contributed by atoms with E-state index >= 15 is 0 Å². The Balaban J connectivity index is 1.60. The first-order chi connectivity index (χ1) is 12.1. The molecule has 0 bridgehead atoms. The van der Waals surface area contributed by atoms with Crippen LogP contribution < -0.4 is 4.74 Å². The quantitative estimate of drug-likeness (QED) is 0.678. The lowest BCUT2D eigenvalue weighted by Crippen LogP contribution is -2.05. The van der Waals surface area contributed by atoms with Gasteiger partial charge in [-0.1, -0.05) is 30.3 Å². The highest BCUT2D eigenvalue weighted by molar-refractivity contribution is 6.05. The second-order valence-electron chi connectivity index (χ2n) is 6.72. The lowest BCUT2D eigenvalue weighted by Gasteiger charge is -2.13. The van der Waals surface area contributed by atoms with Crippen molar-refractivity contribution < 1.29 is 19.1 Å². The van der Waals surface area contributed by atoms with Gasteiger partial charge in [0.25, 0.3) is 0 Å². The molecule has 0 spiro atoms. The molecule has 1 N–H and O–H groups in total. The summed E-state index contributed by atoms with van der Waals surface area (Å²) in [5.74, 6) is 0.873. The third kappa shape index (κ3) is 2.68. The summed E-state index contributed by atoms with van der Waals surface area (Å²) in [7, 11) is 0. The smallest absolute Gasteiger partial charge is 0.205 e. The molecule has 25 heavy (non-hydrogen) atoms. The highest BCUT2D eigenvalue weighted by Gasteiger charge is 2.39. The first kappa shape index (κ1) is 15.8. The Kier molecular flexibility index (Phi) is 3.75. The van der Waals surface area contributed by atoms with E-state index in [-0.39, 0.29) is 17.3 Å². The normalized spacial score (nSPS) is 19.1. The molecule has 2 atom stereocenters. The Morgan fingerprint density at radius 2 is 2.04 bits per heavy atom. The van der Waals surface area contributed by atoms with E-state index in [1.807, 2.05) is 25.1 Å². The fourth-order valence-electron chi connectivity index (χ4n) is 3.61. The SMILES string of the molecule is CC(=O)c1c(O)c(OCC2CC2c2ccccc2)c2occc2c1C. The lowest BCUT2D eigenvalue weighted by atomic mass is 10.00. The molecule has 128 valence electrons. The molecule has 1 aliphatic carbocycles. The molecule has 1 aromatic heterocycles. The zero-order valence-corrected chi connectivity index (χ0v) is 14.3. The van der Waals surface area contributed by atoms with Gasteiger partial charge in [-0.3, -0.25) is 4.79 Å². The number of hydrogen-bond acceptors (Lipinski definition) is 4. The van der Waals surface area contributed by atoms with Crippen molar-refractivity contribution in [3.05, 3.63) is 59.4 Å². The molecule has 4 nitrogen and oxygen atoms in total. The predicted molar refractivity (Wildman–Crippen MR) is 95.4 cm³/mol. The highest BCUT2D eigenvalue weighted by atomic mass is 16.5. The van der Waals surface area contributed by atoms with Crippen LogP contribution in [-0.2, 0) is 0 Å². The molecule has 0 radical (unpaired) electrons. The lowest BCUT2D eigenvalue weighted by molar-refractivity contribution is 0.101. The molecule has 0 saturated heterocycles. The van der Waals surface area contributed by atoms with Crippen molar-refractivity contribution in [3.8, 4) is 11.5 Å². The molecule has 0 amide bonds. The van der Waals surface area contributed by atoms with Gasteiger partial charge in [0.2, 0.25) is 5.75 Å². The Labute approximate surface area is 146 Å². The Morgan fingerprint density at radius 3 is 2.76 bits per heavy atom. The van der Waals surface area contributed by atoms with Crippen LogP contribution in [0.15, 0.2) is 47.1 Å². The molecule has 4 rings (SSSR count). The van der Waals surface area contributed by atoms with E-state index in [4.69, 9.17) is 9.15 Å². The number of hydrogen-bond donors (Lipinski definition) is 1. The maximum Gasteiger partial charge on any atom is 0.205 e. The summed E-state index contributed by atoms with van der Waals surface area (Å²) >= 11 is 0. The average molecular weight is 336 g/mol. The van der Waals surface area contributed by atoms with E-state index in [2.05, 4.69) is 12.1 Å². The average Bonchev–Trinajstić information content (AvgIpc) is 3.20. The molecule has 1 fully saturated rings. The number of phenols is 1. The highest BCUT2D eigenvalue weighted by Crippen LogP contribution is 2.49. The van der Waals surface area contributed by atoms with Crippen LogP contribution in [-0.4, -0.2) is 17.5 Å². The molecular weight excluding hydrogens is 316 g/mol. The van der Waals surface area contributed by atoms with Crippen molar-refractivity contribution in [2.24, 2.45) is 5.92 Å². The van der Waals surface area contributed by atoms with Gasteiger partial charge in [-0.2, -0.15) is 0 Å². The van der Waals surface area contributed by atoms with E-state index in [0.29, 0.717) is 29.6 Å². The molecule has 4 heteroatoms. The van der Waals surface area contributed by atoms with E-state index in [0.717, 1.165) is 17.4 Å². The van der Waals surface area contributed by atoms with Crippen LogP contribution in [0.25, 0.3) is 11.0 Å². The molecule has 1 saturated carbocycles. The minimum absolute atomic E-state index is 0.121.